The van der Waals surface area contributed by atoms with Crippen LogP contribution in [0.3, 0.4) is 0 Å². The van der Waals surface area contributed by atoms with Crippen molar-refractivity contribution in [1.29, 1.82) is 0 Å². The topological polar surface area (TPSA) is 27.7 Å². The van der Waals surface area contributed by atoms with E-state index in [9.17, 15) is 0 Å². The van der Waals surface area contributed by atoms with Crippen LogP contribution in [-0.2, 0) is 13.3 Å². The Hall–Kier alpha value is -0.333. The Balaban J connectivity index is 3.10. The first kappa shape index (κ1) is 11.7. The van der Waals surface area contributed by atoms with Gasteiger partial charge in [-0.2, -0.15) is 0 Å². The molecule has 1 aromatic carbocycles. The van der Waals surface area contributed by atoms with E-state index in [1.807, 2.05) is 24.3 Å². The van der Waals surface area contributed by atoms with Crippen LogP contribution in [0.1, 0.15) is 0 Å². The Morgan fingerprint density at radius 3 is 2.07 bits per heavy atom. The molecule has 0 aliphatic carbocycles. The van der Waals surface area contributed by atoms with Gasteiger partial charge in [0.05, 0.1) is 0 Å². The molecule has 3 nitrogen and oxygen atoms in total. The largest absolute Gasteiger partial charge is 0.536 e. The molecule has 14 heavy (non-hydrogen) atoms. The fourth-order valence-electron chi connectivity index (χ4n) is 1.30. The molecular formula is C9H14O3SSi. The Morgan fingerprint density at radius 1 is 1.07 bits per heavy atom. The summed E-state index contributed by atoms with van der Waals surface area (Å²) in [6, 6.07) is 7.61. The lowest BCUT2D eigenvalue weighted by Crippen LogP contribution is -2.54. The highest BCUT2D eigenvalue weighted by molar-refractivity contribution is 7.80. The van der Waals surface area contributed by atoms with Crippen LogP contribution in [-0.4, -0.2) is 30.1 Å². The van der Waals surface area contributed by atoms with Gasteiger partial charge in [-0.15, -0.1) is 12.6 Å². The quantitative estimate of drug-likeness (QED) is 0.619. The summed E-state index contributed by atoms with van der Waals surface area (Å²) in [6.07, 6.45) is 0. The van der Waals surface area contributed by atoms with E-state index in [1.54, 1.807) is 21.3 Å². The maximum Gasteiger partial charge on any atom is 0.536 e. The van der Waals surface area contributed by atoms with Crippen molar-refractivity contribution < 1.29 is 13.3 Å². The SMILES string of the molecule is CO[Si](OC)(OC)c1cccc(S)c1. The first-order valence-electron chi connectivity index (χ1n) is 4.13. The van der Waals surface area contributed by atoms with Gasteiger partial charge < -0.3 is 13.3 Å². The number of thiol groups is 1. The molecule has 1 rings (SSSR count). The van der Waals surface area contributed by atoms with E-state index in [-0.39, 0.29) is 0 Å². The maximum absolute atomic E-state index is 5.34. The second kappa shape index (κ2) is 4.95. The zero-order valence-electron chi connectivity index (χ0n) is 8.48. The van der Waals surface area contributed by atoms with Crippen LogP contribution >= 0.6 is 12.6 Å². The average molecular weight is 230 g/mol. The molecule has 0 aliphatic heterocycles. The normalized spacial score (nSPS) is 11.7. The van der Waals surface area contributed by atoms with Crippen molar-refractivity contribution in [2.45, 2.75) is 4.90 Å². The molecule has 0 aliphatic rings. The van der Waals surface area contributed by atoms with Crippen LogP contribution in [0.2, 0.25) is 0 Å². The molecule has 0 radical (unpaired) electrons. The zero-order chi connectivity index (χ0) is 10.6. The first-order valence-corrected chi connectivity index (χ1v) is 6.30. The summed E-state index contributed by atoms with van der Waals surface area (Å²) in [5.74, 6) is 0. The van der Waals surface area contributed by atoms with Gasteiger partial charge in [-0.05, 0) is 12.1 Å². The third-order valence-electron chi connectivity index (χ3n) is 2.01. The summed E-state index contributed by atoms with van der Waals surface area (Å²) in [4.78, 5) is 0.866. The minimum absolute atomic E-state index is 0.866. The number of hydrogen-bond acceptors (Lipinski definition) is 4. The molecule has 0 amide bonds. The molecule has 0 aromatic heterocycles. The van der Waals surface area contributed by atoms with Crippen LogP contribution < -0.4 is 5.19 Å². The van der Waals surface area contributed by atoms with E-state index in [4.69, 9.17) is 13.3 Å². The second-order valence-corrected chi connectivity index (χ2v) is 6.15. The highest BCUT2D eigenvalue weighted by atomic mass is 32.1. The second-order valence-electron chi connectivity index (χ2n) is 2.72. The van der Waals surface area contributed by atoms with Crippen molar-refractivity contribution in [3.05, 3.63) is 24.3 Å². The molecule has 0 unspecified atom stereocenters. The van der Waals surface area contributed by atoms with E-state index in [0.717, 1.165) is 10.1 Å². The van der Waals surface area contributed by atoms with Crippen molar-refractivity contribution in [1.82, 2.24) is 0 Å². The fourth-order valence-corrected chi connectivity index (χ4v) is 3.49. The van der Waals surface area contributed by atoms with Gasteiger partial charge in [-0.25, -0.2) is 0 Å². The third-order valence-corrected chi connectivity index (χ3v) is 4.91. The smallest absolute Gasteiger partial charge is 0.373 e. The van der Waals surface area contributed by atoms with Crippen LogP contribution in [0.25, 0.3) is 0 Å². The Labute approximate surface area is 90.8 Å². The first-order chi connectivity index (χ1) is 6.68. The molecule has 0 fully saturated rings. The molecule has 0 spiro atoms. The highest BCUT2D eigenvalue weighted by Gasteiger charge is 2.40. The van der Waals surface area contributed by atoms with Crippen molar-refractivity contribution in [2.24, 2.45) is 0 Å². The molecule has 0 atom stereocenters. The van der Waals surface area contributed by atoms with Gasteiger partial charge in [0.2, 0.25) is 0 Å². The summed E-state index contributed by atoms with van der Waals surface area (Å²) in [5.41, 5.74) is 0. The number of benzene rings is 1. The lowest BCUT2D eigenvalue weighted by atomic mass is 10.4. The van der Waals surface area contributed by atoms with Crippen LogP contribution in [0, 0.1) is 0 Å². The third kappa shape index (κ3) is 2.18. The lowest BCUT2D eigenvalue weighted by molar-refractivity contribution is 0.140. The lowest BCUT2D eigenvalue weighted by Gasteiger charge is -2.24. The van der Waals surface area contributed by atoms with Crippen LogP contribution in [0.15, 0.2) is 29.2 Å². The van der Waals surface area contributed by atoms with Crippen molar-refractivity contribution >= 4 is 26.6 Å². The molecule has 5 heteroatoms. The fraction of sp³-hybridized carbons (Fsp3) is 0.333. The molecule has 0 saturated carbocycles. The summed E-state index contributed by atoms with van der Waals surface area (Å²) in [6.45, 7) is 0. The van der Waals surface area contributed by atoms with Gasteiger partial charge in [-0.3, -0.25) is 0 Å². The predicted molar refractivity (Wildman–Crippen MR) is 60.1 cm³/mol. The Kier molecular flexibility index (Phi) is 4.15. The van der Waals surface area contributed by atoms with E-state index in [2.05, 4.69) is 12.6 Å². The minimum Gasteiger partial charge on any atom is -0.373 e. The van der Waals surface area contributed by atoms with Gasteiger partial charge in [0, 0.05) is 31.4 Å². The minimum atomic E-state index is -2.67. The highest BCUT2D eigenvalue weighted by Crippen LogP contribution is 2.10. The van der Waals surface area contributed by atoms with Crippen LogP contribution in [0.4, 0.5) is 0 Å². The Bertz CT molecular complexity index is 294. The van der Waals surface area contributed by atoms with Crippen molar-refractivity contribution in [3.63, 3.8) is 0 Å². The Morgan fingerprint density at radius 2 is 1.64 bits per heavy atom. The molecule has 0 heterocycles. The number of hydrogen-bond donors (Lipinski definition) is 1. The molecule has 1 aromatic rings. The standard InChI is InChI=1S/C9H14O3SSi/c1-10-14(11-2,12-3)9-6-4-5-8(13)7-9/h4-7,13H,1-3H3. The zero-order valence-corrected chi connectivity index (χ0v) is 10.4. The molecule has 0 bridgehead atoms. The molecular weight excluding hydrogens is 216 g/mol. The summed E-state index contributed by atoms with van der Waals surface area (Å²) in [7, 11) is 2.09. The van der Waals surface area contributed by atoms with Crippen LogP contribution in [0.5, 0.6) is 0 Å². The number of rotatable bonds is 4. The van der Waals surface area contributed by atoms with Crippen molar-refractivity contribution in [3.8, 4) is 0 Å². The summed E-state index contributed by atoms with van der Waals surface area (Å²) < 4.78 is 16.0. The van der Waals surface area contributed by atoms with Gasteiger partial charge in [0.25, 0.3) is 0 Å². The van der Waals surface area contributed by atoms with Gasteiger partial charge in [0.1, 0.15) is 0 Å². The van der Waals surface area contributed by atoms with Gasteiger partial charge in [-0.1, -0.05) is 12.1 Å². The van der Waals surface area contributed by atoms with E-state index < -0.39 is 8.80 Å². The van der Waals surface area contributed by atoms with E-state index in [1.165, 1.54) is 0 Å². The van der Waals surface area contributed by atoms with E-state index in [0.29, 0.717) is 0 Å². The molecule has 0 saturated heterocycles. The molecule has 0 N–H and O–H groups in total. The van der Waals surface area contributed by atoms with E-state index >= 15 is 0 Å². The van der Waals surface area contributed by atoms with Gasteiger partial charge >= 0.3 is 8.80 Å². The average Bonchev–Trinajstić information content (AvgIpc) is 2.22. The van der Waals surface area contributed by atoms with Crippen molar-refractivity contribution in [2.75, 3.05) is 21.3 Å². The monoisotopic (exact) mass is 230 g/mol. The molecule has 78 valence electrons. The maximum atomic E-state index is 5.34. The van der Waals surface area contributed by atoms with Gasteiger partial charge in [0.15, 0.2) is 0 Å². The predicted octanol–water partition coefficient (Wildman–Crippen LogP) is 1.06. The summed E-state index contributed by atoms with van der Waals surface area (Å²) in [5, 5.41) is 0.914. The summed E-state index contributed by atoms with van der Waals surface area (Å²) >= 11 is 4.26.